The first-order valence-corrected chi connectivity index (χ1v) is 11.1. The molecule has 1 fully saturated rings. The number of sulfonamides is 1. The molecule has 1 aliphatic rings. The minimum atomic E-state index is -3.17. The molecule has 0 bridgehead atoms. The second-order valence-corrected chi connectivity index (χ2v) is 9.14. The molecule has 0 radical (unpaired) electrons. The van der Waals surface area contributed by atoms with Crippen LogP contribution in [0.5, 0.6) is 0 Å². The van der Waals surface area contributed by atoms with Gasteiger partial charge < -0.3 is 9.32 Å². The predicted octanol–water partition coefficient (Wildman–Crippen LogP) is 2.58. The third kappa shape index (κ3) is 3.88. The van der Waals surface area contributed by atoms with Crippen LogP contribution in [0.4, 0.5) is 5.95 Å². The lowest BCUT2D eigenvalue weighted by molar-refractivity contribution is 0.383. The quantitative estimate of drug-likeness (QED) is 0.635. The molecule has 0 saturated carbocycles. The Hall–Kier alpha value is -2.78. The van der Waals surface area contributed by atoms with E-state index in [0.29, 0.717) is 43.6 Å². The fourth-order valence-corrected chi connectivity index (χ4v) is 4.53. The normalized spacial score (nSPS) is 15.6. The summed E-state index contributed by atoms with van der Waals surface area (Å²) in [4.78, 5) is 15.6. The fourth-order valence-electron chi connectivity index (χ4n) is 3.45. The fraction of sp³-hybridized carbons (Fsp3) is 0.350. The van der Waals surface area contributed by atoms with Crippen molar-refractivity contribution in [3.8, 4) is 22.6 Å². The largest absolute Gasteiger partial charge is 0.463 e. The molecule has 152 valence electrons. The first-order chi connectivity index (χ1) is 14.0. The van der Waals surface area contributed by atoms with Gasteiger partial charge in [-0.25, -0.2) is 18.4 Å². The van der Waals surface area contributed by atoms with Gasteiger partial charge in [0, 0.05) is 50.3 Å². The summed E-state index contributed by atoms with van der Waals surface area (Å²) < 4.78 is 31.4. The summed E-state index contributed by atoms with van der Waals surface area (Å²) in [6.07, 6.45) is 6.98. The number of pyridine rings is 1. The summed E-state index contributed by atoms with van der Waals surface area (Å²) in [6, 6.07) is 5.64. The average Bonchev–Trinajstić information content (AvgIpc) is 3.29. The molecule has 0 N–H and O–H groups in total. The van der Waals surface area contributed by atoms with E-state index < -0.39 is 10.0 Å². The van der Waals surface area contributed by atoms with E-state index in [0.717, 1.165) is 16.7 Å². The molecule has 0 aromatic carbocycles. The third-order valence-electron chi connectivity index (χ3n) is 5.12. The molecular weight excluding hydrogens is 390 g/mol. The van der Waals surface area contributed by atoms with Crippen molar-refractivity contribution in [1.82, 2.24) is 19.3 Å². The average molecular weight is 414 g/mol. The van der Waals surface area contributed by atoms with E-state index in [-0.39, 0.29) is 5.75 Å². The van der Waals surface area contributed by atoms with E-state index in [2.05, 4.69) is 9.97 Å². The number of aryl methyl sites for hydroxylation is 1. The van der Waals surface area contributed by atoms with Gasteiger partial charge in [-0.2, -0.15) is 4.31 Å². The van der Waals surface area contributed by atoms with Gasteiger partial charge in [0.05, 0.1) is 12.0 Å². The summed E-state index contributed by atoms with van der Waals surface area (Å²) in [6.45, 7) is 5.62. The first-order valence-electron chi connectivity index (χ1n) is 9.54. The van der Waals surface area contributed by atoms with Crippen molar-refractivity contribution < 1.29 is 12.8 Å². The molecule has 9 heteroatoms. The number of furan rings is 1. The maximum atomic E-state index is 12.1. The highest BCUT2D eigenvalue weighted by Gasteiger charge is 2.27. The van der Waals surface area contributed by atoms with Crippen LogP contribution in [0.3, 0.4) is 0 Å². The number of nitrogens with zero attached hydrogens (tertiary/aromatic N) is 5. The Morgan fingerprint density at radius 1 is 1.10 bits per heavy atom. The molecular formula is C20H23N5O3S. The number of hydrogen-bond acceptors (Lipinski definition) is 7. The van der Waals surface area contributed by atoms with E-state index in [9.17, 15) is 8.42 Å². The smallest absolute Gasteiger partial charge is 0.226 e. The lowest BCUT2D eigenvalue weighted by Crippen LogP contribution is -2.49. The minimum Gasteiger partial charge on any atom is -0.463 e. The van der Waals surface area contributed by atoms with Crippen molar-refractivity contribution in [3.05, 3.63) is 48.6 Å². The molecule has 1 saturated heterocycles. The van der Waals surface area contributed by atoms with Crippen molar-refractivity contribution >= 4 is 16.0 Å². The van der Waals surface area contributed by atoms with Gasteiger partial charge in [0.25, 0.3) is 0 Å². The number of anilines is 1. The molecule has 4 rings (SSSR count). The van der Waals surface area contributed by atoms with Gasteiger partial charge in [-0.3, -0.25) is 4.98 Å². The molecule has 0 atom stereocenters. The Bertz CT molecular complexity index is 1090. The Balaban J connectivity index is 1.67. The van der Waals surface area contributed by atoms with E-state index >= 15 is 0 Å². The van der Waals surface area contributed by atoms with Crippen molar-refractivity contribution in [2.45, 2.75) is 13.8 Å². The van der Waals surface area contributed by atoms with Crippen LogP contribution in [0.1, 0.15) is 12.5 Å². The van der Waals surface area contributed by atoms with Gasteiger partial charge in [-0.1, -0.05) is 0 Å². The minimum absolute atomic E-state index is 0.117. The SMILES string of the molecule is CCS(=O)(=O)N1CCN(c2ncc(-c3ccncc3C)c(-c3ccco3)n2)CC1. The summed E-state index contributed by atoms with van der Waals surface area (Å²) in [5.41, 5.74) is 3.60. The van der Waals surface area contributed by atoms with Crippen LogP contribution in [0, 0.1) is 6.92 Å². The van der Waals surface area contributed by atoms with E-state index in [1.54, 1.807) is 25.6 Å². The number of aromatic nitrogens is 3. The highest BCUT2D eigenvalue weighted by molar-refractivity contribution is 7.89. The summed E-state index contributed by atoms with van der Waals surface area (Å²) in [5, 5.41) is 0. The lowest BCUT2D eigenvalue weighted by atomic mass is 10.0. The molecule has 0 unspecified atom stereocenters. The molecule has 0 amide bonds. The summed E-state index contributed by atoms with van der Waals surface area (Å²) in [5.74, 6) is 1.35. The van der Waals surface area contributed by atoms with Gasteiger partial charge in [-0.05, 0) is 43.2 Å². The monoisotopic (exact) mass is 413 g/mol. The first kappa shape index (κ1) is 19.5. The van der Waals surface area contributed by atoms with Crippen LogP contribution in [0.2, 0.25) is 0 Å². The molecule has 4 heterocycles. The van der Waals surface area contributed by atoms with Crippen molar-refractivity contribution in [3.63, 3.8) is 0 Å². The molecule has 0 spiro atoms. The van der Waals surface area contributed by atoms with Crippen LogP contribution in [0.15, 0.2) is 47.5 Å². The number of piperazine rings is 1. The zero-order chi connectivity index (χ0) is 20.4. The van der Waals surface area contributed by atoms with E-state index in [1.807, 2.05) is 36.2 Å². The van der Waals surface area contributed by atoms with Crippen molar-refractivity contribution in [2.24, 2.45) is 0 Å². The second kappa shape index (κ2) is 7.92. The van der Waals surface area contributed by atoms with Gasteiger partial charge in [0.2, 0.25) is 16.0 Å². The van der Waals surface area contributed by atoms with Crippen LogP contribution >= 0.6 is 0 Å². The number of hydrogen-bond donors (Lipinski definition) is 0. The standard InChI is InChI=1S/C20H23N5O3S/c1-3-29(26,27)25-10-8-24(9-11-25)20-22-14-17(16-6-7-21-13-15(16)2)19(23-20)18-5-4-12-28-18/h4-7,12-14H,3,8-11H2,1-2H3. The molecule has 8 nitrogen and oxygen atoms in total. The van der Waals surface area contributed by atoms with Crippen LogP contribution in [0.25, 0.3) is 22.6 Å². The maximum absolute atomic E-state index is 12.1. The van der Waals surface area contributed by atoms with E-state index in [1.165, 1.54) is 4.31 Å². The molecule has 0 aliphatic carbocycles. The van der Waals surface area contributed by atoms with Crippen LogP contribution in [-0.4, -0.2) is 59.6 Å². The zero-order valence-electron chi connectivity index (χ0n) is 16.4. The van der Waals surface area contributed by atoms with E-state index in [4.69, 9.17) is 9.40 Å². The Labute approximate surface area is 170 Å². The Morgan fingerprint density at radius 3 is 2.55 bits per heavy atom. The Kier molecular flexibility index (Phi) is 5.33. The van der Waals surface area contributed by atoms with Gasteiger partial charge in [0.15, 0.2) is 5.76 Å². The van der Waals surface area contributed by atoms with Gasteiger partial charge in [0.1, 0.15) is 5.69 Å². The molecule has 29 heavy (non-hydrogen) atoms. The topological polar surface area (TPSA) is 92.4 Å². The van der Waals surface area contributed by atoms with Gasteiger partial charge >= 0.3 is 0 Å². The second-order valence-electron chi connectivity index (χ2n) is 6.89. The molecule has 3 aromatic rings. The molecule has 1 aliphatic heterocycles. The van der Waals surface area contributed by atoms with Crippen LogP contribution < -0.4 is 4.90 Å². The summed E-state index contributed by atoms with van der Waals surface area (Å²) >= 11 is 0. The molecule has 3 aromatic heterocycles. The van der Waals surface area contributed by atoms with Crippen molar-refractivity contribution in [1.29, 1.82) is 0 Å². The van der Waals surface area contributed by atoms with Crippen LogP contribution in [-0.2, 0) is 10.0 Å². The van der Waals surface area contributed by atoms with Crippen molar-refractivity contribution in [2.75, 3.05) is 36.8 Å². The maximum Gasteiger partial charge on any atom is 0.226 e. The highest BCUT2D eigenvalue weighted by atomic mass is 32.2. The van der Waals surface area contributed by atoms with Gasteiger partial charge in [-0.15, -0.1) is 0 Å². The predicted molar refractivity (Wildman–Crippen MR) is 111 cm³/mol. The lowest BCUT2D eigenvalue weighted by Gasteiger charge is -2.34. The zero-order valence-corrected chi connectivity index (χ0v) is 17.3. The highest BCUT2D eigenvalue weighted by Crippen LogP contribution is 2.33. The Morgan fingerprint density at radius 2 is 1.90 bits per heavy atom. The number of rotatable bonds is 5. The summed E-state index contributed by atoms with van der Waals surface area (Å²) in [7, 11) is -3.17. The third-order valence-corrected chi connectivity index (χ3v) is 7.00.